The Kier molecular flexibility index (Phi) is 3.33. The summed E-state index contributed by atoms with van der Waals surface area (Å²) in [4.78, 5) is 12.5. The highest BCUT2D eigenvalue weighted by Crippen LogP contribution is 2.31. The number of ether oxygens (including phenoxy) is 1. The highest BCUT2D eigenvalue weighted by atomic mass is 32.2. The van der Waals surface area contributed by atoms with Crippen LogP contribution in [0.2, 0.25) is 0 Å². The first-order chi connectivity index (χ1) is 9.69. The molecule has 3 aromatic rings. The first kappa shape index (κ1) is 13.0. The highest BCUT2D eigenvalue weighted by molar-refractivity contribution is 7.90. The summed E-state index contributed by atoms with van der Waals surface area (Å²) in [5, 5.41) is 0. The van der Waals surface area contributed by atoms with Crippen LogP contribution in [0.15, 0.2) is 41.6 Å². The largest absolute Gasteiger partial charge is 0.612 e. The molecule has 6 heteroatoms. The standard InChI is InChI=1S/C14H13N3O2S/c1-19-13-4-3-9(20(2)18)7-10(13)14-16-11-5-6-15-8-12(11)17-14/h3-8H,1-2H3,(H,16,17). The number of fused-ring (bicyclic) bond motifs is 1. The molecule has 0 aliphatic heterocycles. The van der Waals surface area contributed by atoms with Gasteiger partial charge in [0.15, 0.2) is 4.90 Å². The minimum absolute atomic E-state index is 0.678. The lowest BCUT2D eigenvalue weighted by molar-refractivity contribution is 0.416. The molecule has 0 saturated heterocycles. The third kappa shape index (κ3) is 2.23. The molecule has 0 aliphatic rings. The average molecular weight is 287 g/mol. The van der Waals surface area contributed by atoms with Crippen molar-refractivity contribution >= 4 is 22.2 Å². The first-order valence-corrected chi connectivity index (χ1v) is 7.56. The Morgan fingerprint density at radius 1 is 1.30 bits per heavy atom. The van der Waals surface area contributed by atoms with Gasteiger partial charge in [0, 0.05) is 12.3 Å². The SMILES string of the molecule is COc1ccc([S+](C)[O-])cc1-c1nc2cnccc2[nH]1. The van der Waals surface area contributed by atoms with E-state index < -0.39 is 11.2 Å². The number of benzene rings is 1. The van der Waals surface area contributed by atoms with Crippen LogP contribution in [-0.2, 0) is 11.2 Å². The average Bonchev–Trinajstić information content (AvgIpc) is 2.90. The normalized spacial score (nSPS) is 12.6. The van der Waals surface area contributed by atoms with Crippen molar-refractivity contribution in [2.75, 3.05) is 13.4 Å². The predicted octanol–water partition coefficient (Wildman–Crippen LogP) is 2.37. The molecule has 5 nitrogen and oxygen atoms in total. The number of imidazole rings is 1. The minimum Gasteiger partial charge on any atom is -0.612 e. The Labute approximate surface area is 119 Å². The zero-order valence-corrected chi connectivity index (χ0v) is 11.9. The fourth-order valence-electron chi connectivity index (χ4n) is 2.04. The number of nitrogens with zero attached hydrogens (tertiary/aromatic N) is 2. The fourth-order valence-corrected chi connectivity index (χ4v) is 2.58. The van der Waals surface area contributed by atoms with Crippen molar-refractivity contribution in [3.63, 3.8) is 0 Å². The van der Waals surface area contributed by atoms with E-state index in [9.17, 15) is 4.55 Å². The zero-order chi connectivity index (χ0) is 14.1. The quantitative estimate of drug-likeness (QED) is 0.750. The van der Waals surface area contributed by atoms with Gasteiger partial charge in [0.1, 0.15) is 23.3 Å². The maximum atomic E-state index is 11.6. The summed E-state index contributed by atoms with van der Waals surface area (Å²) >= 11 is -1.05. The number of pyridine rings is 1. The summed E-state index contributed by atoms with van der Waals surface area (Å²) in [5.41, 5.74) is 2.48. The van der Waals surface area contributed by atoms with Crippen LogP contribution in [0.3, 0.4) is 0 Å². The molecule has 0 saturated carbocycles. The van der Waals surface area contributed by atoms with Gasteiger partial charge >= 0.3 is 0 Å². The van der Waals surface area contributed by atoms with E-state index in [0.717, 1.165) is 21.5 Å². The molecule has 0 radical (unpaired) electrons. The van der Waals surface area contributed by atoms with E-state index in [4.69, 9.17) is 4.74 Å². The molecule has 1 unspecified atom stereocenters. The maximum absolute atomic E-state index is 11.6. The second kappa shape index (κ2) is 5.15. The van der Waals surface area contributed by atoms with Crippen LogP contribution in [0.25, 0.3) is 22.4 Å². The Balaban J connectivity index is 2.18. The lowest BCUT2D eigenvalue weighted by atomic mass is 10.2. The zero-order valence-electron chi connectivity index (χ0n) is 11.1. The monoisotopic (exact) mass is 287 g/mol. The highest BCUT2D eigenvalue weighted by Gasteiger charge is 2.15. The molecule has 102 valence electrons. The van der Waals surface area contributed by atoms with E-state index in [-0.39, 0.29) is 0 Å². The number of hydrogen-bond acceptors (Lipinski definition) is 4. The second-order valence-corrected chi connectivity index (χ2v) is 5.67. The van der Waals surface area contributed by atoms with Gasteiger partial charge in [-0.2, -0.15) is 0 Å². The van der Waals surface area contributed by atoms with Crippen LogP contribution in [0.5, 0.6) is 5.75 Å². The molecule has 1 aromatic carbocycles. The summed E-state index contributed by atoms with van der Waals surface area (Å²) in [6.07, 6.45) is 5.05. The topological polar surface area (TPSA) is 73.9 Å². The molecule has 0 bridgehead atoms. The van der Waals surface area contributed by atoms with Gasteiger partial charge in [0.05, 0.1) is 24.4 Å². The van der Waals surface area contributed by atoms with Crippen LogP contribution in [0, 0.1) is 0 Å². The lowest BCUT2D eigenvalue weighted by Crippen LogP contribution is -1.99. The number of aromatic amines is 1. The number of nitrogens with one attached hydrogen (secondary N) is 1. The van der Waals surface area contributed by atoms with E-state index in [1.807, 2.05) is 12.1 Å². The van der Waals surface area contributed by atoms with Gasteiger partial charge in [0.2, 0.25) is 0 Å². The van der Waals surface area contributed by atoms with Crippen LogP contribution in [-0.4, -0.2) is 32.9 Å². The van der Waals surface area contributed by atoms with Gasteiger partial charge in [0.25, 0.3) is 0 Å². The van der Waals surface area contributed by atoms with E-state index in [1.165, 1.54) is 0 Å². The molecule has 1 N–H and O–H groups in total. The van der Waals surface area contributed by atoms with Crippen molar-refractivity contribution in [1.29, 1.82) is 0 Å². The van der Waals surface area contributed by atoms with Crippen molar-refractivity contribution in [2.45, 2.75) is 4.90 Å². The van der Waals surface area contributed by atoms with E-state index >= 15 is 0 Å². The minimum atomic E-state index is -1.05. The summed E-state index contributed by atoms with van der Waals surface area (Å²) in [6, 6.07) is 7.29. The lowest BCUT2D eigenvalue weighted by Gasteiger charge is -2.09. The third-order valence-corrected chi connectivity index (χ3v) is 3.96. The maximum Gasteiger partial charge on any atom is 0.153 e. The van der Waals surface area contributed by atoms with Crippen molar-refractivity contribution in [3.8, 4) is 17.1 Å². The van der Waals surface area contributed by atoms with Gasteiger partial charge in [-0.15, -0.1) is 0 Å². The van der Waals surface area contributed by atoms with E-state index in [1.54, 1.807) is 37.9 Å². The van der Waals surface area contributed by atoms with E-state index in [0.29, 0.717) is 11.6 Å². The molecule has 2 heterocycles. The predicted molar refractivity (Wildman–Crippen MR) is 78.2 cm³/mol. The van der Waals surface area contributed by atoms with Gasteiger partial charge < -0.3 is 14.3 Å². The Bertz CT molecular complexity index is 722. The first-order valence-electron chi connectivity index (χ1n) is 6.00. The Morgan fingerprint density at radius 2 is 2.15 bits per heavy atom. The molecule has 2 aromatic heterocycles. The van der Waals surface area contributed by atoms with Gasteiger partial charge in [-0.1, -0.05) is 0 Å². The molecule has 0 amide bonds. The van der Waals surface area contributed by atoms with Gasteiger partial charge in [-0.25, -0.2) is 4.98 Å². The van der Waals surface area contributed by atoms with Gasteiger partial charge in [-0.05, 0) is 29.4 Å². The molecular formula is C14H13N3O2S. The van der Waals surface area contributed by atoms with Crippen molar-refractivity contribution < 1.29 is 9.29 Å². The third-order valence-electron chi connectivity index (χ3n) is 3.04. The number of aromatic nitrogens is 3. The van der Waals surface area contributed by atoms with Crippen LogP contribution in [0.1, 0.15) is 0 Å². The molecule has 1 atom stereocenters. The molecule has 20 heavy (non-hydrogen) atoms. The number of H-pyrrole nitrogens is 1. The molecule has 0 aliphatic carbocycles. The van der Waals surface area contributed by atoms with Gasteiger partial charge in [-0.3, -0.25) is 4.98 Å². The molecule has 3 rings (SSSR count). The summed E-state index contributed by atoms with van der Waals surface area (Å²) < 4.78 is 17.0. The fraction of sp³-hybridized carbons (Fsp3) is 0.143. The van der Waals surface area contributed by atoms with E-state index in [2.05, 4.69) is 15.0 Å². The molecule has 0 spiro atoms. The molecule has 0 fully saturated rings. The summed E-state index contributed by atoms with van der Waals surface area (Å²) in [6.45, 7) is 0. The number of hydrogen-bond donors (Lipinski definition) is 1. The smallest absolute Gasteiger partial charge is 0.153 e. The second-order valence-electron chi connectivity index (χ2n) is 4.29. The summed E-state index contributed by atoms with van der Waals surface area (Å²) in [5.74, 6) is 1.36. The number of rotatable bonds is 3. The Hall–Kier alpha value is -2.05. The Morgan fingerprint density at radius 3 is 2.85 bits per heavy atom. The van der Waals surface area contributed by atoms with Crippen LogP contribution < -0.4 is 4.74 Å². The van der Waals surface area contributed by atoms with Crippen molar-refractivity contribution in [3.05, 3.63) is 36.7 Å². The van der Waals surface area contributed by atoms with Crippen molar-refractivity contribution in [2.24, 2.45) is 0 Å². The molecular weight excluding hydrogens is 274 g/mol. The van der Waals surface area contributed by atoms with Crippen LogP contribution >= 0.6 is 0 Å². The van der Waals surface area contributed by atoms with Crippen LogP contribution in [0.4, 0.5) is 0 Å². The van der Waals surface area contributed by atoms with Crippen molar-refractivity contribution in [1.82, 2.24) is 15.0 Å². The summed E-state index contributed by atoms with van der Waals surface area (Å²) in [7, 11) is 1.60. The number of methoxy groups -OCH3 is 1.